The first-order valence-corrected chi connectivity index (χ1v) is 7.12. The highest BCUT2D eigenvalue weighted by Gasteiger charge is 2.23. The molecule has 0 aliphatic carbocycles. The van der Waals surface area contributed by atoms with E-state index in [4.69, 9.17) is 4.74 Å². The fourth-order valence-electron chi connectivity index (χ4n) is 2.50. The molecular formula is C14H30N2O. The number of hydrogen-bond donors (Lipinski definition) is 1. The lowest BCUT2D eigenvalue weighted by Gasteiger charge is -2.37. The second-order valence-corrected chi connectivity index (χ2v) is 5.72. The molecule has 1 saturated heterocycles. The summed E-state index contributed by atoms with van der Waals surface area (Å²) in [5.41, 5.74) is 0. The Morgan fingerprint density at radius 3 is 2.76 bits per heavy atom. The van der Waals surface area contributed by atoms with Gasteiger partial charge in [-0.3, -0.25) is 0 Å². The molecular weight excluding hydrogens is 212 g/mol. The van der Waals surface area contributed by atoms with Gasteiger partial charge in [0.1, 0.15) is 0 Å². The normalized spacial score (nSPS) is 26.6. The molecule has 0 saturated carbocycles. The molecule has 0 aromatic rings. The van der Waals surface area contributed by atoms with Gasteiger partial charge in [0.05, 0.1) is 0 Å². The van der Waals surface area contributed by atoms with Gasteiger partial charge in [-0.2, -0.15) is 0 Å². The van der Waals surface area contributed by atoms with Crippen molar-refractivity contribution >= 4 is 0 Å². The quantitative estimate of drug-likeness (QED) is 0.692. The fourth-order valence-corrected chi connectivity index (χ4v) is 2.50. The van der Waals surface area contributed by atoms with Crippen molar-refractivity contribution in [2.75, 3.05) is 33.4 Å². The van der Waals surface area contributed by atoms with Crippen molar-refractivity contribution in [2.24, 2.45) is 5.92 Å². The molecule has 0 spiro atoms. The van der Waals surface area contributed by atoms with E-state index in [2.05, 4.69) is 38.0 Å². The summed E-state index contributed by atoms with van der Waals surface area (Å²) in [5.74, 6) is 0.653. The molecule has 0 bridgehead atoms. The summed E-state index contributed by atoms with van der Waals surface area (Å²) in [6, 6.07) is 1.43. The summed E-state index contributed by atoms with van der Waals surface area (Å²) in [7, 11) is 2.08. The second kappa shape index (κ2) is 8.06. The number of rotatable bonds is 7. The third-order valence-electron chi connectivity index (χ3n) is 3.61. The van der Waals surface area contributed by atoms with Crippen molar-refractivity contribution in [3.05, 3.63) is 0 Å². The maximum absolute atomic E-state index is 5.62. The molecule has 1 aliphatic rings. The van der Waals surface area contributed by atoms with Crippen LogP contribution in [0.4, 0.5) is 0 Å². The minimum Gasteiger partial charge on any atom is -0.381 e. The number of nitrogens with zero attached hydrogens (tertiary/aromatic N) is 1. The van der Waals surface area contributed by atoms with Gasteiger partial charge in [-0.1, -0.05) is 13.8 Å². The highest BCUT2D eigenvalue weighted by Crippen LogP contribution is 2.17. The first kappa shape index (κ1) is 14.9. The zero-order valence-electron chi connectivity index (χ0n) is 12.0. The largest absolute Gasteiger partial charge is 0.381 e. The van der Waals surface area contributed by atoms with Gasteiger partial charge >= 0.3 is 0 Å². The molecule has 17 heavy (non-hydrogen) atoms. The van der Waals surface area contributed by atoms with Crippen LogP contribution in [0.5, 0.6) is 0 Å². The van der Waals surface area contributed by atoms with Crippen LogP contribution in [0.3, 0.4) is 0 Å². The molecule has 0 radical (unpaired) electrons. The Morgan fingerprint density at radius 2 is 2.18 bits per heavy atom. The molecule has 2 unspecified atom stereocenters. The first-order valence-electron chi connectivity index (χ1n) is 7.12. The van der Waals surface area contributed by atoms with Gasteiger partial charge < -0.3 is 15.0 Å². The van der Waals surface area contributed by atoms with Crippen molar-refractivity contribution in [1.29, 1.82) is 0 Å². The molecule has 1 fully saturated rings. The Hall–Kier alpha value is -0.120. The van der Waals surface area contributed by atoms with Crippen LogP contribution in [-0.2, 0) is 4.74 Å². The third-order valence-corrected chi connectivity index (χ3v) is 3.61. The molecule has 0 aromatic carbocycles. The van der Waals surface area contributed by atoms with Crippen molar-refractivity contribution < 1.29 is 4.74 Å². The Bertz CT molecular complexity index is 197. The summed E-state index contributed by atoms with van der Waals surface area (Å²) >= 11 is 0. The van der Waals surface area contributed by atoms with Gasteiger partial charge in [-0.25, -0.2) is 0 Å². The SMILES string of the molecule is CNC1CCN(CCCOCC(C)C)C(C)C1. The van der Waals surface area contributed by atoms with E-state index >= 15 is 0 Å². The van der Waals surface area contributed by atoms with Crippen LogP contribution in [-0.4, -0.2) is 50.3 Å². The van der Waals surface area contributed by atoms with Gasteiger partial charge in [-0.15, -0.1) is 0 Å². The maximum atomic E-state index is 5.62. The van der Waals surface area contributed by atoms with E-state index in [0.717, 1.165) is 19.3 Å². The van der Waals surface area contributed by atoms with E-state index in [1.807, 2.05) is 0 Å². The first-order chi connectivity index (χ1) is 8.13. The van der Waals surface area contributed by atoms with Crippen LogP contribution >= 0.6 is 0 Å². The minimum absolute atomic E-state index is 0.653. The molecule has 1 aliphatic heterocycles. The summed E-state index contributed by atoms with van der Waals surface area (Å²) in [6.45, 7) is 11.0. The third kappa shape index (κ3) is 5.84. The van der Waals surface area contributed by atoms with Crippen molar-refractivity contribution in [3.63, 3.8) is 0 Å². The lowest BCUT2D eigenvalue weighted by atomic mass is 9.98. The highest BCUT2D eigenvalue weighted by molar-refractivity contribution is 4.81. The van der Waals surface area contributed by atoms with E-state index in [1.54, 1.807) is 0 Å². The van der Waals surface area contributed by atoms with E-state index in [9.17, 15) is 0 Å². The second-order valence-electron chi connectivity index (χ2n) is 5.72. The number of hydrogen-bond acceptors (Lipinski definition) is 3. The van der Waals surface area contributed by atoms with Crippen molar-refractivity contribution in [3.8, 4) is 0 Å². The summed E-state index contributed by atoms with van der Waals surface area (Å²) in [6.07, 6.45) is 3.73. The van der Waals surface area contributed by atoms with Gasteiger partial charge in [0.15, 0.2) is 0 Å². The summed E-state index contributed by atoms with van der Waals surface area (Å²) in [4.78, 5) is 2.60. The maximum Gasteiger partial charge on any atom is 0.0489 e. The van der Waals surface area contributed by atoms with Gasteiger partial charge in [0.2, 0.25) is 0 Å². The molecule has 1 rings (SSSR count). The van der Waals surface area contributed by atoms with Crippen LogP contribution in [0, 0.1) is 5.92 Å². The standard InChI is InChI=1S/C14H30N2O/c1-12(2)11-17-9-5-7-16-8-6-14(15-4)10-13(16)3/h12-15H,5-11H2,1-4H3. The molecule has 3 heteroatoms. The average molecular weight is 242 g/mol. The predicted octanol–water partition coefficient (Wildman–Crippen LogP) is 2.12. The number of nitrogens with one attached hydrogen (secondary N) is 1. The van der Waals surface area contributed by atoms with Crippen LogP contribution in [0.2, 0.25) is 0 Å². The molecule has 0 aromatic heterocycles. The molecule has 102 valence electrons. The average Bonchev–Trinajstić information content (AvgIpc) is 2.30. The Labute approximate surface area is 107 Å². The summed E-state index contributed by atoms with van der Waals surface area (Å²) < 4.78 is 5.62. The minimum atomic E-state index is 0.653. The van der Waals surface area contributed by atoms with Gasteiger partial charge in [0.25, 0.3) is 0 Å². The zero-order valence-corrected chi connectivity index (χ0v) is 12.0. The molecule has 1 N–H and O–H groups in total. The van der Waals surface area contributed by atoms with Gasteiger partial charge in [-0.05, 0) is 45.7 Å². The van der Waals surface area contributed by atoms with Crippen molar-refractivity contribution in [2.45, 2.75) is 52.1 Å². The highest BCUT2D eigenvalue weighted by atomic mass is 16.5. The smallest absolute Gasteiger partial charge is 0.0489 e. The monoisotopic (exact) mass is 242 g/mol. The number of ether oxygens (including phenoxy) is 1. The summed E-state index contributed by atoms with van der Waals surface area (Å²) in [5, 5.41) is 3.39. The molecule has 0 amide bonds. The zero-order chi connectivity index (χ0) is 12.7. The van der Waals surface area contributed by atoms with Crippen LogP contribution < -0.4 is 5.32 Å². The Morgan fingerprint density at radius 1 is 1.41 bits per heavy atom. The Balaban J connectivity index is 2.07. The van der Waals surface area contributed by atoms with E-state index in [-0.39, 0.29) is 0 Å². The molecule has 1 heterocycles. The number of likely N-dealkylation sites (tertiary alicyclic amines) is 1. The fraction of sp³-hybridized carbons (Fsp3) is 1.00. The van der Waals surface area contributed by atoms with Crippen LogP contribution in [0.15, 0.2) is 0 Å². The topological polar surface area (TPSA) is 24.5 Å². The Kier molecular flexibility index (Phi) is 7.09. The van der Waals surface area contributed by atoms with Gasteiger partial charge in [0, 0.05) is 31.8 Å². The van der Waals surface area contributed by atoms with Crippen LogP contribution in [0.1, 0.15) is 40.0 Å². The lowest BCUT2D eigenvalue weighted by Crippen LogP contribution is -2.46. The number of piperidine rings is 1. The van der Waals surface area contributed by atoms with Crippen LogP contribution in [0.25, 0.3) is 0 Å². The molecule has 3 nitrogen and oxygen atoms in total. The predicted molar refractivity (Wildman–Crippen MR) is 73.4 cm³/mol. The van der Waals surface area contributed by atoms with Crippen molar-refractivity contribution in [1.82, 2.24) is 10.2 Å². The van der Waals surface area contributed by atoms with E-state index < -0.39 is 0 Å². The van der Waals surface area contributed by atoms with E-state index in [0.29, 0.717) is 12.0 Å². The molecule has 2 atom stereocenters. The van der Waals surface area contributed by atoms with E-state index in [1.165, 1.54) is 32.4 Å². The lowest BCUT2D eigenvalue weighted by molar-refractivity contribution is 0.0837.